The Hall–Kier alpha value is -3.72. The molecule has 0 aliphatic heterocycles. The van der Waals surface area contributed by atoms with Gasteiger partial charge in [-0.05, 0) is 45.9 Å². The lowest BCUT2D eigenvalue weighted by Gasteiger charge is -2.48. The molecule has 2 heterocycles. The van der Waals surface area contributed by atoms with E-state index in [1.807, 2.05) is 61.5 Å². The molecule has 0 aliphatic carbocycles. The molecule has 8 heteroatoms. The van der Waals surface area contributed by atoms with Gasteiger partial charge in [-0.2, -0.15) is 13.2 Å². The zero-order chi connectivity index (χ0) is 34.2. The molecule has 2 unspecified atom stereocenters. The average Bonchev–Trinajstić information content (AvgIpc) is 3.32. The zero-order valence-corrected chi connectivity index (χ0v) is 29.5. The molecule has 3 aromatic carbocycles. The van der Waals surface area contributed by atoms with E-state index >= 15 is 0 Å². The molecule has 0 bridgehead atoms. The average molecular weight is 659 g/mol. The first kappa shape index (κ1) is 34.6. The van der Waals surface area contributed by atoms with Crippen molar-refractivity contribution in [3.8, 4) is 11.3 Å². The van der Waals surface area contributed by atoms with Crippen LogP contribution in [0.25, 0.3) is 22.2 Å². The first-order valence-electron chi connectivity index (χ1n) is 16.0. The molecule has 0 fully saturated rings. The Morgan fingerprint density at radius 3 is 1.83 bits per heavy atom. The normalized spacial score (nSPS) is 14.4. The van der Waals surface area contributed by atoms with Crippen molar-refractivity contribution < 1.29 is 22.3 Å². The second kappa shape index (κ2) is 13.1. The highest BCUT2D eigenvalue weighted by atomic mass is 28.4. The number of hydrogen-bond acceptors (Lipinski definition) is 3. The molecule has 5 rings (SSSR count). The lowest BCUT2D eigenvalue weighted by molar-refractivity contribution is -0.139. The van der Waals surface area contributed by atoms with E-state index < -0.39 is 38.7 Å². The maximum absolute atomic E-state index is 14.5. The van der Waals surface area contributed by atoms with Crippen LogP contribution in [0.4, 0.5) is 13.2 Å². The van der Waals surface area contributed by atoms with E-state index in [4.69, 9.17) is 9.16 Å². The minimum absolute atomic E-state index is 0.353. The highest BCUT2D eigenvalue weighted by Crippen LogP contribution is 2.51. The number of benzene rings is 3. The van der Waals surface area contributed by atoms with Crippen molar-refractivity contribution in [1.82, 2.24) is 9.55 Å². The molecule has 0 amide bonds. The molecule has 5 aromatic rings. The highest BCUT2D eigenvalue weighted by molar-refractivity contribution is 6.99. The molecule has 0 aliphatic rings. The number of rotatable bonds is 9. The summed E-state index contributed by atoms with van der Waals surface area (Å²) in [5.74, 6) is 0. The molecule has 0 spiro atoms. The summed E-state index contributed by atoms with van der Waals surface area (Å²) in [6, 6.07) is 31.7. The topological polar surface area (TPSA) is 36.3 Å². The lowest BCUT2D eigenvalue weighted by atomic mass is 9.82. The van der Waals surface area contributed by atoms with Gasteiger partial charge in [-0.3, -0.25) is 4.98 Å². The van der Waals surface area contributed by atoms with Gasteiger partial charge in [-0.15, -0.1) is 0 Å². The highest BCUT2D eigenvalue weighted by Gasteiger charge is 2.53. The molecule has 47 heavy (non-hydrogen) atoms. The van der Waals surface area contributed by atoms with Crippen LogP contribution in [0.5, 0.6) is 0 Å². The minimum Gasteiger partial charge on any atom is -0.400 e. The molecule has 0 radical (unpaired) electrons. The van der Waals surface area contributed by atoms with Crippen LogP contribution in [0.3, 0.4) is 0 Å². The van der Waals surface area contributed by atoms with Gasteiger partial charge >= 0.3 is 6.18 Å². The van der Waals surface area contributed by atoms with Crippen LogP contribution in [0.15, 0.2) is 103 Å². The maximum Gasteiger partial charge on any atom is 0.406 e. The molecule has 0 saturated heterocycles. The van der Waals surface area contributed by atoms with Crippen LogP contribution in [0, 0.1) is 5.41 Å². The molecule has 2 atom stereocenters. The van der Waals surface area contributed by atoms with E-state index in [1.165, 1.54) is 4.57 Å². The summed E-state index contributed by atoms with van der Waals surface area (Å²) in [5.41, 5.74) is 2.30. The number of fused-ring (bicyclic) bond motifs is 1. The number of para-hydroxylation sites is 1. The van der Waals surface area contributed by atoms with Crippen LogP contribution in [0.2, 0.25) is 5.04 Å². The van der Waals surface area contributed by atoms with Gasteiger partial charge in [0.05, 0.1) is 23.6 Å². The number of hydrogen-bond donors (Lipinski definition) is 0. The second-order valence-corrected chi connectivity index (χ2v) is 18.6. The van der Waals surface area contributed by atoms with Crippen LogP contribution < -0.4 is 10.4 Å². The largest absolute Gasteiger partial charge is 0.406 e. The van der Waals surface area contributed by atoms with Gasteiger partial charge in [-0.25, -0.2) is 0 Å². The van der Waals surface area contributed by atoms with Crippen molar-refractivity contribution >= 4 is 29.6 Å². The van der Waals surface area contributed by atoms with E-state index in [2.05, 4.69) is 70.8 Å². The molecule has 4 nitrogen and oxygen atoms in total. The zero-order valence-electron chi connectivity index (χ0n) is 28.5. The molecule has 248 valence electrons. The van der Waals surface area contributed by atoms with E-state index in [0.717, 1.165) is 21.3 Å². The Labute approximate surface area is 277 Å². The fourth-order valence-corrected chi connectivity index (χ4v) is 11.7. The summed E-state index contributed by atoms with van der Waals surface area (Å²) in [7, 11) is -1.59. The fraction of sp³-hybridized carbons (Fsp3) is 0.359. The van der Waals surface area contributed by atoms with Crippen molar-refractivity contribution in [2.45, 2.75) is 78.4 Å². The van der Waals surface area contributed by atoms with E-state index in [9.17, 15) is 13.2 Å². The SMILES string of the molecule is COC(C)c1ncccc1-c1c(C(O[Si](c2ccccc2)(c2ccccc2)C(C)(C)C)C(C)(C)C)c2ccccc2n1CC(F)(F)F. The molecule has 2 aromatic heterocycles. The van der Waals surface area contributed by atoms with Gasteiger partial charge < -0.3 is 13.7 Å². The molecule has 0 saturated carbocycles. The predicted molar refractivity (Wildman–Crippen MR) is 188 cm³/mol. The minimum atomic E-state index is -4.47. The molecule has 0 N–H and O–H groups in total. The Morgan fingerprint density at radius 2 is 1.32 bits per heavy atom. The summed E-state index contributed by atoms with van der Waals surface area (Å²) < 4.78 is 58.5. The standard InChI is InChI=1S/C39H45F3N2O2Si/c1-27(45-8)34-31(23-17-25-43-34)35-33(30-22-15-16-24-32(30)44(35)26-39(40,41)42)36(37(2,3)4)46-47(38(5,6)7,28-18-11-9-12-19-28)29-20-13-10-14-21-29/h9-25,27,36H,26H2,1-8H3. The van der Waals surface area contributed by atoms with Gasteiger partial charge in [0.1, 0.15) is 6.54 Å². The first-order valence-corrected chi connectivity index (χ1v) is 18.0. The number of alkyl halides is 3. The van der Waals surface area contributed by atoms with Gasteiger partial charge in [-0.1, -0.05) is 120 Å². The van der Waals surface area contributed by atoms with Crippen LogP contribution >= 0.6 is 0 Å². The van der Waals surface area contributed by atoms with E-state index in [-0.39, 0.29) is 5.04 Å². The summed E-state index contributed by atoms with van der Waals surface area (Å²) in [5, 5.41) is 2.57. The quantitative estimate of drug-likeness (QED) is 0.148. The summed E-state index contributed by atoms with van der Waals surface area (Å²) in [4.78, 5) is 4.65. The number of nitrogens with zero attached hydrogens (tertiary/aromatic N) is 2. The summed E-state index contributed by atoms with van der Waals surface area (Å²) in [6.07, 6.45) is -3.89. The van der Waals surface area contributed by atoms with E-state index in [0.29, 0.717) is 22.5 Å². The monoisotopic (exact) mass is 658 g/mol. The third-order valence-electron chi connectivity index (χ3n) is 8.94. The maximum atomic E-state index is 14.5. The number of halogens is 3. The van der Waals surface area contributed by atoms with Crippen molar-refractivity contribution in [3.05, 3.63) is 115 Å². The lowest BCUT2D eigenvalue weighted by Crippen LogP contribution is -2.67. The predicted octanol–water partition coefficient (Wildman–Crippen LogP) is 9.64. The van der Waals surface area contributed by atoms with Gasteiger partial charge in [0, 0.05) is 35.3 Å². The molecular weight excluding hydrogens is 614 g/mol. The van der Waals surface area contributed by atoms with Crippen LogP contribution in [0.1, 0.15) is 71.9 Å². The van der Waals surface area contributed by atoms with Gasteiger partial charge in [0.2, 0.25) is 0 Å². The second-order valence-electron chi connectivity index (χ2n) is 14.3. The van der Waals surface area contributed by atoms with Crippen LogP contribution in [-0.2, 0) is 15.7 Å². The number of ether oxygens (including phenoxy) is 1. The van der Waals surface area contributed by atoms with Gasteiger partial charge in [0.15, 0.2) is 0 Å². The number of pyridine rings is 1. The Bertz CT molecular complexity index is 1770. The van der Waals surface area contributed by atoms with Crippen molar-refractivity contribution in [2.75, 3.05) is 7.11 Å². The third-order valence-corrected chi connectivity index (χ3v) is 13.9. The van der Waals surface area contributed by atoms with Crippen LogP contribution in [-0.4, -0.2) is 31.2 Å². The summed E-state index contributed by atoms with van der Waals surface area (Å²) >= 11 is 0. The Balaban J connectivity index is 1.94. The molecular formula is C39H45F3N2O2Si. The van der Waals surface area contributed by atoms with Crippen molar-refractivity contribution in [3.63, 3.8) is 0 Å². The fourth-order valence-electron chi connectivity index (χ4n) is 6.82. The Kier molecular flexibility index (Phi) is 9.61. The van der Waals surface area contributed by atoms with Crippen molar-refractivity contribution in [2.24, 2.45) is 5.41 Å². The smallest absolute Gasteiger partial charge is 0.400 e. The number of aromatic nitrogens is 2. The third kappa shape index (κ3) is 6.69. The van der Waals surface area contributed by atoms with E-state index in [1.54, 1.807) is 31.5 Å². The van der Waals surface area contributed by atoms with Gasteiger partial charge in [0.25, 0.3) is 8.32 Å². The first-order chi connectivity index (χ1) is 22.1. The summed E-state index contributed by atoms with van der Waals surface area (Å²) in [6.45, 7) is 13.7. The number of methoxy groups -OCH3 is 1. The Morgan fingerprint density at radius 1 is 0.766 bits per heavy atom. The van der Waals surface area contributed by atoms with Crippen molar-refractivity contribution in [1.29, 1.82) is 0 Å².